The Morgan fingerprint density at radius 3 is 2.04 bits per heavy atom. The summed E-state index contributed by atoms with van der Waals surface area (Å²) < 4.78 is 28.8. The summed E-state index contributed by atoms with van der Waals surface area (Å²) in [6.07, 6.45) is 0. The lowest BCUT2D eigenvalue weighted by molar-refractivity contribution is 0.471. The molecule has 2 atom stereocenters. The molecule has 0 aliphatic rings. The van der Waals surface area contributed by atoms with Crippen LogP contribution >= 0.6 is 0 Å². The Kier molecular flexibility index (Phi) is 5.60. The fraction of sp³-hybridized carbons (Fsp3) is 0.143. The van der Waals surface area contributed by atoms with Gasteiger partial charge in [0.1, 0.15) is 5.75 Å². The molecule has 0 amide bonds. The minimum atomic E-state index is -3.90. The maximum Gasteiger partial charge on any atom is 0.241 e. The van der Waals surface area contributed by atoms with Crippen molar-refractivity contribution in [3.8, 4) is 5.75 Å². The van der Waals surface area contributed by atoms with Gasteiger partial charge in [-0.3, -0.25) is 0 Å². The van der Waals surface area contributed by atoms with E-state index in [1.165, 1.54) is 12.1 Å². The lowest BCUT2D eigenvalue weighted by atomic mass is 9.95. The summed E-state index contributed by atoms with van der Waals surface area (Å²) in [6, 6.07) is 21.6. The number of hydrogen-bond acceptors (Lipinski definition) is 4. The van der Waals surface area contributed by atoms with E-state index in [0.29, 0.717) is 5.56 Å². The van der Waals surface area contributed by atoms with Crippen LogP contribution in [0, 0.1) is 6.92 Å². The molecule has 6 heteroatoms. The molecule has 5 nitrogen and oxygen atoms in total. The summed E-state index contributed by atoms with van der Waals surface area (Å²) in [7, 11) is -3.90. The normalized spacial score (nSPS) is 13.9. The molecule has 0 heterocycles. The van der Waals surface area contributed by atoms with Gasteiger partial charge in [-0.05, 0) is 29.7 Å². The van der Waals surface area contributed by atoms with Gasteiger partial charge in [-0.1, -0.05) is 66.7 Å². The van der Waals surface area contributed by atoms with Crippen LogP contribution < -0.4 is 10.5 Å². The number of aryl methyl sites for hydroxylation is 1. The van der Waals surface area contributed by atoms with Crippen LogP contribution in [0.2, 0.25) is 0 Å². The van der Waals surface area contributed by atoms with Crippen molar-refractivity contribution in [2.75, 3.05) is 0 Å². The van der Waals surface area contributed by atoms with Crippen LogP contribution in [-0.2, 0) is 10.0 Å². The molecule has 3 aromatic rings. The number of nitrogens with one attached hydrogen (secondary N) is 1. The summed E-state index contributed by atoms with van der Waals surface area (Å²) in [6.45, 7) is 1.68. The highest BCUT2D eigenvalue weighted by molar-refractivity contribution is 7.89. The van der Waals surface area contributed by atoms with Gasteiger partial charge in [-0.2, -0.15) is 0 Å². The first kappa shape index (κ1) is 19.1. The van der Waals surface area contributed by atoms with Crippen molar-refractivity contribution in [3.63, 3.8) is 0 Å². The molecule has 0 bridgehead atoms. The molecule has 0 radical (unpaired) electrons. The summed E-state index contributed by atoms with van der Waals surface area (Å²) in [5.41, 5.74) is 8.57. The van der Waals surface area contributed by atoms with Crippen molar-refractivity contribution in [1.29, 1.82) is 0 Å². The number of hydrogen-bond donors (Lipinski definition) is 3. The van der Waals surface area contributed by atoms with Crippen LogP contribution in [0.1, 0.15) is 28.8 Å². The first-order valence-electron chi connectivity index (χ1n) is 8.56. The topological polar surface area (TPSA) is 92.4 Å². The Morgan fingerprint density at radius 1 is 0.889 bits per heavy atom. The van der Waals surface area contributed by atoms with Crippen LogP contribution in [0.25, 0.3) is 0 Å². The average molecular weight is 382 g/mol. The highest BCUT2D eigenvalue weighted by Crippen LogP contribution is 2.30. The van der Waals surface area contributed by atoms with E-state index in [2.05, 4.69) is 4.72 Å². The number of rotatable bonds is 6. The van der Waals surface area contributed by atoms with Gasteiger partial charge in [-0.25, -0.2) is 13.1 Å². The minimum absolute atomic E-state index is 0.0312. The van der Waals surface area contributed by atoms with Crippen molar-refractivity contribution in [2.45, 2.75) is 23.9 Å². The first-order valence-corrected chi connectivity index (χ1v) is 10.0. The van der Waals surface area contributed by atoms with E-state index in [0.717, 1.165) is 11.1 Å². The third-order valence-corrected chi connectivity index (χ3v) is 6.03. The quantitative estimate of drug-likeness (QED) is 0.609. The van der Waals surface area contributed by atoms with Gasteiger partial charge in [0.25, 0.3) is 0 Å². The predicted molar refractivity (Wildman–Crippen MR) is 106 cm³/mol. The van der Waals surface area contributed by atoms with Crippen LogP contribution in [0.4, 0.5) is 0 Å². The van der Waals surface area contributed by atoms with Crippen molar-refractivity contribution in [2.24, 2.45) is 5.73 Å². The number of aromatic hydroxyl groups is 1. The zero-order valence-corrected chi connectivity index (χ0v) is 15.7. The van der Waals surface area contributed by atoms with Crippen LogP contribution in [0.3, 0.4) is 0 Å². The Labute approximate surface area is 159 Å². The van der Waals surface area contributed by atoms with E-state index in [1.54, 1.807) is 13.0 Å². The molecule has 140 valence electrons. The number of nitrogens with two attached hydrogens (primary N) is 1. The number of phenols is 1. The van der Waals surface area contributed by atoms with Gasteiger partial charge in [0.05, 0.1) is 17.0 Å². The standard InChI is InChI=1S/C21H22N2O3S/c1-15-12-13-18(24)14-19(15)27(25,26)23-21(17-10-6-3-7-11-17)20(22)16-8-4-2-5-9-16/h2-14,20-21,23-24H,22H2,1H3/t20-,21-/m0/s1. The lowest BCUT2D eigenvalue weighted by Gasteiger charge is -2.26. The molecule has 27 heavy (non-hydrogen) atoms. The molecule has 0 aliphatic carbocycles. The Bertz CT molecular complexity index is 1010. The molecule has 0 aliphatic heterocycles. The Morgan fingerprint density at radius 2 is 1.44 bits per heavy atom. The molecule has 0 aromatic heterocycles. The molecule has 0 saturated heterocycles. The van der Waals surface area contributed by atoms with Gasteiger partial charge < -0.3 is 10.8 Å². The maximum atomic E-state index is 13.0. The second-order valence-corrected chi connectivity index (χ2v) is 8.08. The minimum Gasteiger partial charge on any atom is -0.508 e. The predicted octanol–water partition coefficient (Wildman–Crippen LogP) is 3.42. The summed E-state index contributed by atoms with van der Waals surface area (Å²) in [5, 5.41) is 9.72. The molecule has 4 N–H and O–H groups in total. The van der Waals surface area contributed by atoms with Crippen molar-refractivity contribution < 1.29 is 13.5 Å². The number of sulfonamides is 1. The fourth-order valence-corrected chi connectivity index (χ4v) is 4.50. The zero-order valence-electron chi connectivity index (χ0n) is 14.9. The lowest BCUT2D eigenvalue weighted by Crippen LogP contribution is -2.36. The van der Waals surface area contributed by atoms with Crippen molar-refractivity contribution in [3.05, 3.63) is 95.6 Å². The van der Waals surface area contributed by atoms with Gasteiger partial charge in [0.15, 0.2) is 0 Å². The average Bonchev–Trinajstić information content (AvgIpc) is 2.69. The first-order chi connectivity index (χ1) is 12.9. The van der Waals surface area contributed by atoms with Gasteiger partial charge in [0.2, 0.25) is 10.0 Å². The highest BCUT2D eigenvalue weighted by Gasteiger charge is 2.28. The van der Waals surface area contributed by atoms with E-state index in [9.17, 15) is 13.5 Å². The molecule has 3 aromatic carbocycles. The maximum absolute atomic E-state index is 13.0. The molecule has 0 saturated carbocycles. The van der Waals surface area contributed by atoms with E-state index < -0.39 is 22.1 Å². The molecular weight excluding hydrogens is 360 g/mol. The Hall–Kier alpha value is -2.67. The smallest absolute Gasteiger partial charge is 0.241 e. The van der Waals surface area contributed by atoms with Crippen molar-refractivity contribution >= 4 is 10.0 Å². The monoisotopic (exact) mass is 382 g/mol. The van der Waals surface area contributed by atoms with Crippen LogP contribution in [0.15, 0.2) is 83.8 Å². The summed E-state index contributed by atoms with van der Waals surface area (Å²) >= 11 is 0. The SMILES string of the molecule is Cc1ccc(O)cc1S(=O)(=O)N[C@@H](c1ccccc1)[C@@H](N)c1ccccc1. The third-order valence-electron chi connectivity index (χ3n) is 4.45. The fourth-order valence-electron chi connectivity index (χ4n) is 2.99. The van der Waals surface area contributed by atoms with Gasteiger partial charge >= 0.3 is 0 Å². The molecule has 3 rings (SSSR count). The van der Waals surface area contributed by atoms with Crippen molar-refractivity contribution in [1.82, 2.24) is 4.72 Å². The molecule has 0 unspecified atom stereocenters. The molecular formula is C21H22N2O3S. The largest absolute Gasteiger partial charge is 0.508 e. The van der Waals surface area contributed by atoms with E-state index in [4.69, 9.17) is 5.73 Å². The second-order valence-electron chi connectivity index (χ2n) is 6.40. The second kappa shape index (κ2) is 7.92. The van der Waals surface area contributed by atoms with E-state index in [1.807, 2.05) is 60.7 Å². The van der Waals surface area contributed by atoms with Crippen LogP contribution in [-0.4, -0.2) is 13.5 Å². The number of phenolic OH excluding ortho intramolecular Hbond substituents is 1. The van der Waals surface area contributed by atoms with Gasteiger partial charge in [-0.15, -0.1) is 0 Å². The Balaban J connectivity index is 2.02. The molecule has 0 fully saturated rings. The number of benzene rings is 3. The zero-order chi connectivity index (χ0) is 19.4. The summed E-state index contributed by atoms with van der Waals surface area (Å²) in [4.78, 5) is 0.0312. The summed E-state index contributed by atoms with van der Waals surface area (Å²) in [5.74, 6) is -0.107. The van der Waals surface area contributed by atoms with Crippen LogP contribution in [0.5, 0.6) is 5.75 Å². The highest BCUT2D eigenvalue weighted by atomic mass is 32.2. The van der Waals surface area contributed by atoms with E-state index >= 15 is 0 Å². The van der Waals surface area contributed by atoms with E-state index in [-0.39, 0.29) is 10.6 Å². The molecule has 0 spiro atoms. The van der Waals surface area contributed by atoms with Gasteiger partial charge in [0, 0.05) is 6.07 Å². The third kappa shape index (κ3) is 4.36.